The summed E-state index contributed by atoms with van der Waals surface area (Å²) in [7, 11) is 0. The van der Waals surface area contributed by atoms with Crippen LogP contribution in [-0.2, 0) is 11.2 Å². The number of carboxylic acids is 1. The van der Waals surface area contributed by atoms with E-state index < -0.39 is 43.0 Å². The minimum Gasteiger partial charge on any atom is -0.481 e. The quantitative estimate of drug-likeness (QED) is 0.911. The van der Waals surface area contributed by atoms with Crippen molar-refractivity contribution in [1.29, 1.82) is 0 Å². The number of carbonyl (C=O) groups is 2. The molecule has 2 heterocycles. The van der Waals surface area contributed by atoms with Gasteiger partial charge < -0.3 is 10.0 Å². The molecule has 1 fully saturated rings. The topological polar surface area (TPSA) is 83.4 Å². The van der Waals surface area contributed by atoms with E-state index >= 15 is 0 Å². The Hall–Kier alpha value is -2.19. The number of alkyl halides is 3. The third-order valence-corrected chi connectivity index (χ3v) is 3.90. The number of likely N-dealkylation sites (tertiary alicyclic amines) is 1. The molecule has 1 amide bonds. The number of halogens is 3. The summed E-state index contributed by atoms with van der Waals surface area (Å²) in [6.07, 6.45) is -4.27. The smallest absolute Gasteiger partial charge is 0.394 e. The van der Waals surface area contributed by atoms with Crippen molar-refractivity contribution < 1.29 is 27.9 Å². The zero-order chi connectivity index (χ0) is 17.4. The lowest BCUT2D eigenvalue weighted by atomic mass is 9.96. The zero-order valence-electron chi connectivity index (χ0n) is 12.6. The number of aryl methyl sites for hydroxylation is 2. The first kappa shape index (κ1) is 17.2. The number of aliphatic carboxylic acids is 1. The first-order valence-corrected chi connectivity index (χ1v) is 7.07. The molecule has 0 spiro atoms. The number of rotatable bonds is 3. The number of nitrogens with zero attached hydrogens (tertiary/aromatic N) is 3. The molecule has 1 N–H and O–H groups in total. The van der Waals surface area contributed by atoms with Crippen molar-refractivity contribution in [3.63, 3.8) is 0 Å². The summed E-state index contributed by atoms with van der Waals surface area (Å²) in [5.74, 6) is -5.91. The molecule has 0 saturated carbocycles. The van der Waals surface area contributed by atoms with Gasteiger partial charge in [0.1, 0.15) is 0 Å². The Morgan fingerprint density at radius 3 is 2.48 bits per heavy atom. The normalized spacial score (nSPS) is 21.5. The van der Waals surface area contributed by atoms with Crippen LogP contribution in [-0.4, -0.2) is 51.3 Å². The summed E-state index contributed by atoms with van der Waals surface area (Å²) in [5.41, 5.74) is 1.02. The van der Waals surface area contributed by atoms with Crippen molar-refractivity contribution >= 4 is 11.9 Å². The molecule has 6 nitrogen and oxygen atoms in total. The summed E-state index contributed by atoms with van der Waals surface area (Å²) in [6.45, 7) is 2.23. The maximum atomic E-state index is 13.0. The molecular weight excluding hydrogens is 315 g/mol. The molecule has 0 radical (unpaired) electrons. The predicted octanol–water partition coefficient (Wildman–Crippen LogP) is 1.68. The van der Waals surface area contributed by atoms with E-state index in [2.05, 4.69) is 10.2 Å². The number of carboxylic acid groups (broad SMARTS) is 1. The number of aromatic nitrogens is 2. The van der Waals surface area contributed by atoms with E-state index in [0.29, 0.717) is 17.8 Å². The second-order valence-corrected chi connectivity index (χ2v) is 5.50. The maximum absolute atomic E-state index is 13.0. The van der Waals surface area contributed by atoms with Crippen LogP contribution in [0.4, 0.5) is 13.2 Å². The van der Waals surface area contributed by atoms with Gasteiger partial charge in [-0.05, 0) is 19.4 Å². The van der Waals surface area contributed by atoms with Crippen molar-refractivity contribution in [2.75, 3.05) is 13.1 Å². The van der Waals surface area contributed by atoms with E-state index in [-0.39, 0.29) is 5.56 Å². The van der Waals surface area contributed by atoms with E-state index in [0.717, 1.165) is 4.90 Å². The SMILES string of the molecule is CCc1nnc(C)cc1C(=O)N1C[C@@H](C(F)(F)F)[C@H](C(=O)O)C1. The second kappa shape index (κ2) is 6.13. The van der Waals surface area contributed by atoms with Gasteiger partial charge in [-0.1, -0.05) is 6.92 Å². The molecule has 2 rings (SSSR count). The standard InChI is InChI=1S/C14H16F3N3O3/c1-3-11-8(4-7(2)18-19-11)12(21)20-5-9(13(22)23)10(6-20)14(15,16)17/h4,9-10H,3,5-6H2,1-2H3,(H,22,23)/t9-,10-/m1/s1. The Labute approximate surface area is 130 Å². The minimum atomic E-state index is -4.67. The van der Waals surface area contributed by atoms with Crippen molar-refractivity contribution in [2.45, 2.75) is 26.4 Å². The number of hydrogen-bond acceptors (Lipinski definition) is 4. The molecule has 0 aliphatic carbocycles. The highest BCUT2D eigenvalue weighted by atomic mass is 19.4. The van der Waals surface area contributed by atoms with Crippen molar-refractivity contribution in [3.05, 3.63) is 23.0 Å². The minimum absolute atomic E-state index is 0.173. The Morgan fingerprint density at radius 1 is 1.35 bits per heavy atom. The summed E-state index contributed by atoms with van der Waals surface area (Å²) in [5, 5.41) is 16.7. The lowest BCUT2D eigenvalue weighted by Gasteiger charge is -2.19. The molecule has 0 bridgehead atoms. The summed E-state index contributed by atoms with van der Waals surface area (Å²) in [6, 6.07) is 1.46. The third-order valence-electron chi connectivity index (χ3n) is 3.90. The van der Waals surface area contributed by atoms with Crippen molar-refractivity contribution in [3.8, 4) is 0 Å². The Balaban J connectivity index is 2.31. The van der Waals surface area contributed by atoms with E-state index in [1.165, 1.54) is 6.07 Å². The molecule has 23 heavy (non-hydrogen) atoms. The Kier molecular flexibility index (Phi) is 4.58. The lowest BCUT2D eigenvalue weighted by Crippen LogP contribution is -2.34. The number of amides is 1. The van der Waals surface area contributed by atoms with Crippen LogP contribution in [0.25, 0.3) is 0 Å². The Morgan fingerprint density at radius 2 is 2.00 bits per heavy atom. The van der Waals surface area contributed by atoms with Gasteiger partial charge in [0, 0.05) is 13.1 Å². The average molecular weight is 331 g/mol. The fraction of sp³-hybridized carbons (Fsp3) is 0.571. The largest absolute Gasteiger partial charge is 0.481 e. The highest BCUT2D eigenvalue weighted by Crippen LogP contribution is 2.38. The molecule has 2 atom stereocenters. The third kappa shape index (κ3) is 3.43. The zero-order valence-corrected chi connectivity index (χ0v) is 12.6. The van der Waals surface area contributed by atoms with E-state index in [1.54, 1.807) is 13.8 Å². The predicted molar refractivity (Wildman–Crippen MR) is 72.7 cm³/mol. The van der Waals surface area contributed by atoms with Gasteiger partial charge in [0.15, 0.2) is 0 Å². The highest BCUT2D eigenvalue weighted by Gasteiger charge is 2.53. The van der Waals surface area contributed by atoms with E-state index in [4.69, 9.17) is 5.11 Å². The van der Waals surface area contributed by atoms with Crippen LogP contribution in [0.2, 0.25) is 0 Å². The van der Waals surface area contributed by atoms with Crippen molar-refractivity contribution in [2.24, 2.45) is 11.8 Å². The van der Waals surface area contributed by atoms with Gasteiger partial charge in [-0.15, -0.1) is 0 Å². The monoisotopic (exact) mass is 331 g/mol. The highest BCUT2D eigenvalue weighted by molar-refractivity contribution is 5.96. The lowest BCUT2D eigenvalue weighted by molar-refractivity contribution is -0.187. The van der Waals surface area contributed by atoms with Gasteiger partial charge in [0.25, 0.3) is 5.91 Å². The average Bonchev–Trinajstić information content (AvgIpc) is 2.92. The van der Waals surface area contributed by atoms with Gasteiger partial charge in [0.05, 0.1) is 28.8 Å². The van der Waals surface area contributed by atoms with Crippen LogP contribution in [0.3, 0.4) is 0 Å². The molecular formula is C14H16F3N3O3. The molecule has 1 saturated heterocycles. The van der Waals surface area contributed by atoms with Gasteiger partial charge in [0.2, 0.25) is 0 Å². The summed E-state index contributed by atoms with van der Waals surface area (Å²) < 4.78 is 39.0. The van der Waals surface area contributed by atoms with Crippen LogP contribution in [0.15, 0.2) is 6.07 Å². The molecule has 1 aliphatic rings. The fourth-order valence-electron chi connectivity index (χ4n) is 2.68. The maximum Gasteiger partial charge on any atom is 0.394 e. The summed E-state index contributed by atoms with van der Waals surface area (Å²) >= 11 is 0. The first-order valence-electron chi connectivity index (χ1n) is 7.07. The van der Waals surface area contributed by atoms with Crippen LogP contribution in [0.5, 0.6) is 0 Å². The van der Waals surface area contributed by atoms with Gasteiger partial charge >= 0.3 is 12.1 Å². The van der Waals surface area contributed by atoms with E-state index in [9.17, 15) is 22.8 Å². The van der Waals surface area contributed by atoms with E-state index in [1.807, 2.05) is 0 Å². The molecule has 126 valence electrons. The van der Waals surface area contributed by atoms with Gasteiger partial charge in [-0.3, -0.25) is 9.59 Å². The Bertz CT molecular complexity index is 633. The molecule has 1 aromatic rings. The van der Waals surface area contributed by atoms with Gasteiger partial charge in [-0.25, -0.2) is 0 Å². The van der Waals surface area contributed by atoms with Gasteiger partial charge in [-0.2, -0.15) is 23.4 Å². The fourth-order valence-corrected chi connectivity index (χ4v) is 2.68. The molecule has 1 aromatic heterocycles. The summed E-state index contributed by atoms with van der Waals surface area (Å²) in [4.78, 5) is 24.5. The van der Waals surface area contributed by atoms with Crippen LogP contribution in [0, 0.1) is 18.8 Å². The molecule has 0 unspecified atom stereocenters. The number of carbonyl (C=O) groups excluding carboxylic acids is 1. The second-order valence-electron chi connectivity index (χ2n) is 5.50. The van der Waals surface area contributed by atoms with Crippen LogP contribution in [0.1, 0.15) is 28.7 Å². The number of hydrogen-bond donors (Lipinski definition) is 1. The van der Waals surface area contributed by atoms with Crippen molar-refractivity contribution in [1.82, 2.24) is 15.1 Å². The first-order chi connectivity index (χ1) is 10.6. The molecule has 1 aliphatic heterocycles. The van der Waals surface area contributed by atoms with Crippen LogP contribution >= 0.6 is 0 Å². The molecule has 0 aromatic carbocycles. The molecule has 9 heteroatoms. The van der Waals surface area contributed by atoms with Crippen LogP contribution < -0.4 is 0 Å².